The highest BCUT2D eigenvalue weighted by atomic mass is 16.6. The highest BCUT2D eigenvalue weighted by molar-refractivity contribution is 6.02. The van der Waals surface area contributed by atoms with Gasteiger partial charge >= 0.3 is 6.09 Å². The maximum Gasteiger partial charge on any atom is 0.407 e. The second-order valence-electron chi connectivity index (χ2n) is 7.40. The van der Waals surface area contributed by atoms with Gasteiger partial charge in [0.1, 0.15) is 5.60 Å². The number of benzene rings is 1. The monoisotopic (exact) mass is 372 g/mol. The first kappa shape index (κ1) is 20.6. The van der Waals surface area contributed by atoms with Crippen molar-refractivity contribution >= 4 is 28.6 Å². The molecule has 0 aliphatic rings. The van der Waals surface area contributed by atoms with Crippen molar-refractivity contribution in [2.75, 3.05) is 11.9 Å². The standard InChI is InChI=1S/C20H28N4O3/c1-20(2,3)27-19(26)23-12-5-4-10-15(21)18(25)24-16-11-6-8-14-9-7-13-22-17(14)16/h6-9,11,13,15H,4-5,10,12,21H2,1-3H3,(H,23,26)(H,24,25)/t15-/m0/s1. The number of unbranched alkanes of at least 4 members (excludes halogenated alkanes) is 1. The number of anilines is 1. The third kappa shape index (κ3) is 6.86. The third-order valence-electron chi connectivity index (χ3n) is 3.84. The van der Waals surface area contributed by atoms with Crippen LogP contribution in [0.1, 0.15) is 40.0 Å². The van der Waals surface area contributed by atoms with Crippen LogP contribution in [0.5, 0.6) is 0 Å². The first-order valence-electron chi connectivity index (χ1n) is 9.13. The molecule has 4 N–H and O–H groups in total. The van der Waals surface area contributed by atoms with Crippen molar-refractivity contribution in [1.29, 1.82) is 0 Å². The quantitative estimate of drug-likeness (QED) is 0.647. The molecule has 0 saturated carbocycles. The molecular weight excluding hydrogens is 344 g/mol. The van der Waals surface area contributed by atoms with Gasteiger partial charge in [0, 0.05) is 18.1 Å². The lowest BCUT2D eigenvalue weighted by atomic mass is 10.1. The predicted molar refractivity (Wildman–Crippen MR) is 106 cm³/mol. The first-order valence-corrected chi connectivity index (χ1v) is 9.13. The van der Waals surface area contributed by atoms with Crippen LogP contribution in [-0.4, -0.2) is 35.2 Å². The van der Waals surface area contributed by atoms with Gasteiger partial charge in [-0.25, -0.2) is 4.79 Å². The van der Waals surface area contributed by atoms with Crippen LogP contribution in [0.15, 0.2) is 36.5 Å². The second kappa shape index (κ2) is 9.32. The minimum absolute atomic E-state index is 0.242. The summed E-state index contributed by atoms with van der Waals surface area (Å²) in [6.45, 7) is 5.93. The predicted octanol–water partition coefficient (Wildman–Crippen LogP) is 3.20. The lowest BCUT2D eigenvalue weighted by Crippen LogP contribution is -2.36. The molecule has 0 fully saturated rings. The van der Waals surface area contributed by atoms with Crippen LogP contribution in [-0.2, 0) is 9.53 Å². The summed E-state index contributed by atoms with van der Waals surface area (Å²) >= 11 is 0. The first-order chi connectivity index (χ1) is 12.8. The number of rotatable bonds is 7. The summed E-state index contributed by atoms with van der Waals surface area (Å²) in [6, 6.07) is 8.79. The van der Waals surface area contributed by atoms with Gasteiger partial charge in [-0.05, 0) is 52.2 Å². The summed E-state index contributed by atoms with van der Waals surface area (Å²) in [5.74, 6) is -0.242. The van der Waals surface area contributed by atoms with Gasteiger partial charge in [0.15, 0.2) is 0 Å². The second-order valence-corrected chi connectivity index (χ2v) is 7.40. The smallest absolute Gasteiger partial charge is 0.407 e. The highest BCUT2D eigenvalue weighted by Crippen LogP contribution is 2.20. The molecule has 7 heteroatoms. The minimum Gasteiger partial charge on any atom is -0.444 e. The molecule has 0 unspecified atom stereocenters. The van der Waals surface area contributed by atoms with Crippen LogP contribution in [0.4, 0.5) is 10.5 Å². The molecule has 0 bridgehead atoms. The van der Waals surface area contributed by atoms with Gasteiger partial charge in [-0.2, -0.15) is 0 Å². The van der Waals surface area contributed by atoms with Crippen molar-refractivity contribution in [2.45, 2.75) is 51.7 Å². The van der Waals surface area contributed by atoms with Crippen LogP contribution in [0.2, 0.25) is 0 Å². The van der Waals surface area contributed by atoms with E-state index < -0.39 is 17.7 Å². The van der Waals surface area contributed by atoms with E-state index in [1.807, 2.05) is 51.1 Å². The van der Waals surface area contributed by atoms with E-state index in [4.69, 9.17) is 10.5 Å². The van der Waals surface area contributed by atoms with E-state index in [9.17, 15) is 9.59 Å². The number of hydrogen-bond acceptors (Lipinski definition) is 5. The van der Waals surface area contributed by atoms with Crippen molar-refractivity contribution in [3.63, 3.8) is 0 Å². The zero-order valence-corrected chi connectivity index (χ0v) is 16.1. The Morgan fingerprint density at radius 1 is 1.19 bits per heavy atom. The lowest BCUT2D eigenvalue weighted by molar-refractivity contribution is -0.117. The fraction of sp³-hybridized carbons (Fsp3) is 0.450. The number of para-hydroxylation sites is 1. The fourth-order valence-corrected chi connectivity index (χ4v) is 2.56. The van der Waals surface area contributed by atoms with E-state index >= 15 is 0 Å². The third-order valence-corrected chi connectivity index (χ3v) is 3.84. The van der Waals surface area contributed by atoms with Crippen LogP contribution in [0, 0.1) is 0 Å². The number of nitrogens with one attached hydrogen (secondary N) is 2. The Hall–Kier alpha value is -2.67. The fourth-order valence-electron chi connectivity index (χ4n) is 2.56. The van der Waals surface area contributed by atoms with E-state index in [1.165, 1.54) is 0 Å². The molecule has 0 aliphatic carbocycles. The van der Waals surface area contributed by atoms with Gasteiger partial charge in [-0.1, -0.05) is 18.2 Å². The molecule has 0 radical (unpaired) electrons. The molecule has 0 aliphatic heterocycles. The maximum atomic E-state index is 12.3. The molecule has 1 heterocycles. The Morgan fingerprint density at radius 3 is 2.67 bits per heavy atom. The molecule has 2 aromatic rings. The molecule has 0 spiro atoms. The summed E-state index contributed by atoms with van der Waals surface area (Å²) in [5.41, 5.74) is 6.87. The number of amides is 2. The van der Waals surface area contributed by atoms with E-state index in [1.54, 1.807) is 6.20 Å². The zero-order chi connectivity index (χ0) is 19.9. The Kier molecular flexibility index (Phi) is 7.12. The summed E-state index contributed by atoms with van der Waals surface area (Å²) in [5, 5.41) is 6.50. The minimum atomic E-state index is -0.620. The van der Waals surface area contributed by atoms with Crippen LogP contribution in [0.25, 0.3) is 10.9 Å². The average Bonchev–Trinajstić information content (AvgIpc) is 2.60. The lowest BCUT2D eigenvalue weighted by Gasteiger charge is -2.19. The van der Waals surface area contributed by atoms with Crippen molar-refractivity contribution in [3.8, 4) is 0 Å². The Morgan fingerprint density at radius 2 is 1.93 bits per heavy atom. The molecule has 1 atom stereocenters. The topological polar surface area (TPSA) is 106 Å². The van der Waals surface area contributed by atoms with Crippen molar-refractivity contribution in [2.24, 2.45) is 5.73 Å². The van der Waals surface area contributed by atoms with Crippen molar-refractivity contribution < 1.29 is 14.3 Å². The molecule has 7 nitrogen and oxygen atoms in total. The SMILES string of the molecule is CC(C)(C)OC(=O)NCCCC[C@H](N)C(=O)Nc1cccc2cccnc12. The van der Waals surface area contributed by atoms with E-state index in [2.05, 4.69) is 15.6 Å². The summed E-state index contributed by atoms with van der Waals surface area (Å²) < 4.78 is 5.16. The van der Waals surface area contributed by atoms with Gasteiger partial charge in [-0.3, -0.25) is 9.78 Å². The average molecular weight is 372 g/mol. The van der Waals surface area contributed by atoms with Gasteiger partial charge < -0.3 is 21.1 Å². The van der Waals surface area contributed by atoms with Gasteiger partial charge in [0.2, 0.25) is 5.91 Å². The van der Waals surface area contributed by atoms with Gasteiger partial charge in [-0.15, -0.1) is 0 Å². The number of pyridine rings is 1. The summed E-state index contributed by atoms with van der Waals surface area (Å²) in [7, 11) is 0. The molecule has 1 aromatic heterocycles. The van der Waals surface area contributed by atoms with Gasteiger partial charge in [0.25, 0.3) is 0 Å². The highest BCUT2D eigenvalue weighted by Gasteiger charge is 2.16. The van der Waals surface area contributed by atoms with E-state index in [0.717, 1.165) is 23.7 Å². The molecule has 27 heavy (non-hydrogen) atoms. The van der Waals surface area contributed by atoms with Crippen molar-refractivity contribution in [3.05, 3.63) is 36.5 Å². The number of carbonyl (C=O) groups is 2. The van der Waals surface area contributed by atoms with E-state index in [0.29, 0.717) is 18.7 Å². The molecule has 2 rings (SSSR count). The summed E-state index contributed by atoms with van der Waals surface area (Å²) in [6.07, 6.45) is 3.22. The summed E-state index contributed by atoms with van der Waals surface area (Å²) in [4.78, 5) is 28.2. The zero-order valence-electron chi connectivity index (χ0n) is 16.1. The molecule has 2 amide bonds. The van der Waals surface area contributed by atoms with Crippen LogP contribution < -0.4 is 16.4 Å². The number of nitrogens with two attached hydrogens (primary N) is 1. The normalized spacial score (nSPS) is 12.4. The largest absolute Gasteiger partial charge is 0.444 e. The van der Waals surface area contributed by atoms with E-state index in [-0.39, 0.29) is 5.91 Å². The van der Waals surface area contributed by atoms with Crippen molar-refractivity contribution in [1.82, 2.24) is 10.3 Å². The number of aromatic nitrogens is 1. The molecule has 1 aromatic carbocycles. The Bertz CT molecular complexity index is 781. The number of fused-ring (bicyclic) bond motifs is 1. The molecule has 0 saturated heterocycles. The Balaban J connectivity index is 1.74. The number of carbonyl (C=O) groups excluding carboxylic acids is 2. The Labute approximate surface area is 159 Å². The number of alkyl carbamates (subject to hydrolysis) is 1. The number of ether oxygens (including phenoxy) is 1. The van der Waals surface area contributed by atoms with Gasteiger partial charge in [0.05, 0.1) is 17.2 Å². The van der Waals surface area contributed by atoms with Crippen LogP contribution >= 0.6 is 0 Å². The number of hydrogen-bond donors (Lipinski definition) is 3. The molecular formula is C20H28N4O3. The van der Waals surface area contributed by atoms with Crippen LogP contribution in [0.3, 0.4) is 0 Å². The molecule has 146 valence electrons. The number of nitrogens with zero attached hydrogens (tertiary/aromatic N) is 1. The maximum absolute atomic E-state index is 12.3.